The second-order valence-corrected chi connectivity index (χ2v) is 15.8. The van der Waals surface area contributed by atoms with Gasteiger partial charge in [-0.3, -0.25) is 0 Å². The molecule has 0 amide bonds. The van der Waals surface area contributed by atoms with Crippen LogP contribution in [0.5, 0.6) is 5.75 Å². The lowest BCUT2D eigenvalue weighted by atomic mass is 9.83. The highest BCUT2D eigenvalue weighted by Gasteiger charge is 2.42. The molecule has 5 nitrogen and oxygen atoms in total. The predicted molar refractivity (Wildman–Crippen MR) is 233 cm³/mol. The molecule has 4 heterocycles. The summed E-state index contributed by atoms with van der Waals surface area (Å²) < 4.78 is 11.8. The molecule has 0 radical (unpaired) electrons. The smallest absolute Gasteiger partial charge is 0.164 e. The molecule has 0 saturated carbocycles. The highest BCUT2D eigenvalue weighted by molar-refractivity contribution is 7.25. The molecule has 0 bridgehead atoms. The molecular weight excluding hydrogens is 717 g/mol. The lowest BCUT2D eigenvalue weighted by Crippen LogP contribution is -2.14. The molecule has 0 fully saturated rings. The summed E-state index contributed by atoms with van der Waals surface area (Å²) in [6, 6.07) is 59.6. The minimum absolute atomic E-state index is 0.0290. The second-order valence-electron chi connectivity index (χ2n) is 14.7. The molecule has 268 valence electrons. The molecule has 1 aliphatic heterocycles. The summed E-state index contributed by atoms with van der Waals surface area (Å²) in [5.74, 6) is 2.73. The van der Waals surface area contributed by atoms with Crippen molar-refractivity contribution < 1.29 is 4.74 Å². The van der Waals surface area contributed by atoms with Crippen LogP contribution in [-0.2, 0) is 0 Å². The van der Waals surface area contributed by atoms with Gasteiger partial charge in [-0.15, -0.1) is 11.3 Å². The normalized spacial score (nSPS) is 15.4. The van der Waals surface area contributed by atoms with Crippen LogP contribution in [0.4, 0.5) is 0 Å². The minimum atomic E-state index is -0.199. The average molecular weight is 749 g/mol. The number of fused-ring (bicyclic) bond motifs is 10. The first kappa shape index (κ1) is 32.1. The van der Waals surface area contributed by atoms with E-state index >= 15 is 0 Å². The van der Waals surface area contributed by atoms with Gasteiger partial charge in [-0.05, 0) is 59.7 Å². The molecule has 2 unspecified atom stereocenters. The fraction of sp³-hybridized carbons (Fsp3) is 0.0392. The minimum Gasteiger partial charge on any atom is -0.484 e. The van der Waals surface area contributed by atoms with E-state index in [2.05, 4.69) is 181 Å². The SMILES string of the molecule is C1=CC2c3c(cccc3-c3nc(-c4cccc(-c5ccccc5)c4)nc(-c4ccc5c(c4)sc4ccccc45)n3)OC2c2c1n(-c1ccccc1)c1ccccc21. The quantitative estimate of drug-likeness (QED) is 0.176. The van der Waals surface area contributed by atoms with E-state index in [0.29, 0.717) is 17.5 Å². The highest BCUT2D eigenvalue weighted by atomic mass is 32.1. The van der Waals surface area contributed by atoms with Gasteiger partial charge in [0.1, 0.15) is 11.9 Å². The van der Waals surface area contributed by atoms with Gasteiger partial charge in [0.25, 0.3) is 0 Å². The van der Waals surface area contributed by atoms with E-state index in [-0.39, 0.29) is 12.0 Å². The first-order valence-corrected chi connectivity index (χ1v) is 20.1. The number of aromatic nitrogens is 4. The van der Waals surface area contributed by atoms with Crippen LogP contribution in [0.25, 0.3) is 88.1 Å². The maximum absolute atomic E-state index is 6.99. The summed E-state index contributed by atoms with van der Waals surface area (Å²) in [5.41, 5.74) is 10.8. The fourth-order valence-electron chi connectivity index (χ4n) is 8.87. The first-order chi connectivity index (χ1) is 28.2. The lowest BCUT2D eigenvalue weighted by molar-refractivity contribution is 0.224. The molecule has 12 rings (SSSR count). The molecule has 2 atom stereocenters. The third-order valence-corrected chi connectivity index (χ3v) is 12.6. The van der Waals surface area contributed by atoms with Crippen molar-refractivity contribution in [3.05, 3.63) is 193 Å². The number of benzene rings is 7. The van der Waals surface area contributed by atoms with Crippen LogP contribution in [0, 0.1) is 0 Å². The maximum atomic E-state index is 6.99. The standard InChI is InChI=1S/C51H32N4OS/c1-3-13-31(14-4-1)32-15-11-16-33(29-32)49-52-50(34-25-26-37-36-19-8-10-24-44(36)57-45(37)30-34)54-51(53-49)40-21-12-23-43-46(40)39-27-28-42-47(48(39)56-43)38-20-7-9-22-41(38)55(42)35-17-5-2-6-18-35/h1-30,39,48H. The van der Waals surface area contributed by atoms with Crippen molar-refractivity contribution in [3.63, 3.8) is 0 Å². The second kappa shape index (κ2) is 12.7. The van der Waals surface area contributed by atoms with Gasteiger partial charge in [0, 0.05) is 65.0 Å². The summed E-state index contributed by atoms with van der Waals surface area (Å²) in [4.78, 5) is 15.8. The zero-order valence-electron chi connectivity index (χ0n) is 30.6. The fourth-order valence-corrected chi connectivity index (χ4v) is 10.0. The van der Waals surface area contributed by atoms with Gasteiger partial charge in [0.2, 0.25) is 0 Å². The van der Waals surface area contributed by atoms with Crippen LogP contribution in [0.2, 0.25) is 0 Å². The van der Waals surface area contributed by atoms with Crippen LogP contribution in [-0.4, -0.2) is 19.5 Å². The Kier molecular flexibility index (Phi) is 7.16. The van der Waals surface area contributed by atoms with Crippen molar-refractivity contribution in [1.29, 1.82) is 0 Å². The number of ether oxygens (including phenoxy) is 1. The van der Waals surface area contributed by atoms with E-state index in [1.807, 2.05) is 6.07 Å². The van der Waals surface area contributed by atoms with E-state index in [9.17, 15) is 0 Å². The molecule has 10 aromatic rings. The molecule has 3 aromatic heterocycles. The summed E-state index contributed by atoms with van der Waals surface area (Å²) >= 11 is 1.80. The first-order valence-electron chi connectivity index (χ1n) is 19.3. The van der Waals surface area contributed by atoms with Crippen molar-refractivity contribution in [3.8, 4) is 56.7 Å². The van der Waals surface area contributed by atoms with Gasteiger partial charge >= 0.3 is 0 Å². The Labute approximate surface area is 332 Å². The highest BCUT2D eigenvalue weighted by Crippen LogP contribution is 2.55. The molecule has 7 aromatic carbocycles. The maximum Gasteiger partial charge on any atom is 0.164 e. The van der Waals surface area contributed by atoms with Gasteiger partial charge in [-0.25, -0.2) is 15.0 Å². The molecular formula is C51H32N4OS. The van der Waals surface area contributed by atoms with E-state index in [1.165, 1.54) is 36.6 Å². The van der Waals surface area contributed by atoms with Gasteiger partial charge in [0.05, 0.1) is 11.2 Å². The predicted octanol–water partition coefficient (Wildman–Crippen LogP) is 13.1. The number of nitrogens with zero attached hydrogens (tertiary/aromatic N) is 4. The van der Waals surface area contributed by atoms with Crippen LogP contribution >= 0.6 is 11.3 Å². The van der Waals surface area contributed by atoms with Crippen molar-refractivity contribution in [2.24, 2.45) is 0 Å². The summed E-state index contributed by atoms with van der Waals surface area (Å²) in [5, 5.41) is 3.71. The van der Waals surface area contributed by atoms with Crippen LogP contribution in [0.3, 0.4) is 0 Å². The molecule has 0 spiro atoms. The van der Waals surface area contributed by atoms with E-state index < -0.39 is 0 Å². The number of thiophene rings is 1. The Morgan fingerprint density at radius 2 is 1.16 bits per heavy atom. The van der Waals surface area contributed by atoms with Crippen LogP contribution < -0.4 is 4.74 Å². The Morgan fingerprint density at radius 3 is 2.02 bits per heavy atom. The Hall–Kier alpha value is -7.15. The Bertz CT molecular complexity index is 3240. The van der Waals surface area contributed by atoms with Crippen LogP contribution in [0.1, 0.15) is 28.8 Å². The third kappa shape index (κ3) is 5.11. The monoisotopic (exact) mass is 748 g/mol. The zero-order chi connectivity index (χ0) is 37.5. The number of para-hydroxylation sites is 2. The van der Waals surface area contributed by atoms with Crippen LogP contribution in [0.15, 0.2) is 176 Å². The molecule has 0 saturated heterocycles. The van der Waals surface area contributed by atoms with Gasteiger partial charge in [-0.1, -0.05) is 133 Å². The zero-order valence-corrected chi connectivity index (χ0v) is 31.4. The largest absolute Gasteiger partial charge is 0.484 e. The summed E-state index contributed by atoms with van der Waals surface area (Å²) in [6.45, 7) is 0. The van der Waals surface area contributed by atoms with Gasteiger partial charge < -0.3 is 9.30 Å². The summed E-state index contributed by atoms with van der Waals surface area (Å²) in [7, 11) is 0. The van der Waals surface area contributed by atoms with E-state index in [4.69, 9.17) is 19.7 Å². The van der Waals surface area contributed by atoms with Crippen molar-refractivity contribution in [2.45, 2.75) is 12.0 Å². The van der Waals surface area contributed by atoms with Gasteiger partial charge in [-0.2, -0.15) is 0 Å². The summed E-state index contributed by atoms with van der Waals surface area (Å²) in [6.07, 6.45) is 4.38. The van der Waals surface area contributed by atoms with Gasteiger partial charge in [0.15, 0.2) is 17.5 Å². The molecule has 0 N–H and O–H groups in total. The number of hydrogen-bond acceptors (Lipinski definition) is 5. The Balaban J connectivity index is 1.03. The van der Waals surface area contributed by atoms with Crippen molar-refractivity contribution >= 4 is 48.5 Å². The molecule has 2 aliphatic rings. The van der Waals surface area contributed by atoms with E-state index in [0.717, 1.165) is 50.5 Å². The Morgan fingerprint density at radius 1 is 0.491 bits per heavy atom. The number of hydrogen-bond donors (Lipinski definition) is 0. The molecule has 6 heteroatoms. The average Bonchev–Trinajstić information content (AvgIpc) is 3.96. The van der Waals surface area contributed by atoms with Crippen molar-refractivity contribution in [1.82, 2.24) is 19.5 Å². The molecule has 1 aliphatic carbocycles. The number of rotatable bonds is 5. The molecule has 57 heavy (non-hydrogen) atoms. The lowest BCUT2D eigenvalue weighted by Gasteiger charge is -2.22. The van der Waals surface area contributed by atoms with Crippen molar-refractivity contribution in [2.75, 3.05) is 0 Å². The third-order valence-electron chi connectivity index (χ3n) is 11.4. The van der Waals surface area contributed by atoms with E-state index in [1.54, 1.807) is 11.3 Å². The topological polar surface area (TPSA) is 52.8 Å².